The highest BCUT2D eigenvalue weighted by Gasteiger charge is 2.27. The minimum atomic E-state index is -0.508. The molecule has 154 valence electrons. The second-order valence-corrected chi connectivity index (χ2v) is 8.56. The van der Waals surface area contributed by atoms with Crippen molar-refractivity contribution in [3.05, 3.63) is 70.7 Å². The third-order valence-electron chi connectivity index (χ3n) is 5.36. The Bertz CT molecular complexity index is 1060. The number of ether oxygens (including phenoxy) is 1. The van der Waals surface area contributed by atoms with Gasteiger partial charge in [0.15, 0.2) is 6.61 Å². The van der Waals surface area contributed by atoms with Gasteiger partial charge in [-0.1, -0.05) is 36.4 Å². The topological polar surface area (TPSA) is 59.5 Å². The molecule has 4 rings (SSSR count). The lowest BCUT2D eigenvalue weighted by Gasteiger charge is -2.31. The molecule has 1 aliphatic rings. The molecule has 0 unspecified atom stereocenters. The summed E-state index contributed by atoms with van der Waals surface area (Å²) >= 11 is 1.70. The Hall–Kier alpha value is -2.99. The molecular weight excluding hydrogens is 396 g/mol. The van der Waals surface area contributed by atoms with Gasteiger partial charge in [-0.15, -0.1) is 11.3 Å². The van der Waals surface area contributed by atoms with Crippen LogP contribution in [0.4, 0.5) is 0 Å². The number of nitrogens with zero attached hydrogens (tertiary/aromatic N) is 2. The molecule has 1 aliphatic heterocycles. The highest BCUT2D eigenvalue weighted by molar-refractivity contribution is 7.18. The monoisotopic (exact) mass is 420 g/mol. The van der Waals surface area contributed by atoms with Gasteiger partial charge in [0.05, 0.1) is 15.2 Å². The van der Waals surface area contributed by atoms with E-state index in [4.69, 9.17) is 9.72 Å². The number of aromatic nitrogens is 1. The van der Waals surface area contributed by atoms with Crippen LogP contribution in [0.25, 0.3) is 16.3 Å². The Morgan fingerprint density at radius 1 is 1.20 bits per heavy atom. The summed E-state index contributed by atoms with van der Waals surface area (Å²) in [6.45, 7) is 3.06. The normalized spacial score (nSPS) is 16.8. The largest absolute Gasteiger partial charge is 0.452 e. The number of carbonyl (C=O) groups excluding carboxylic acids is 2. The van der Waals surface area contributed by atoms with Crippen LogP contribution in [0.2, 0.25) is 0 Å². The number of hydrogen-bond donors (Lipinski definition) is 0. The molecule has 0 aliphatic carbocycles. The number of para-hydroxylation sites is 1. The van der Waals surface area contributed by atoms with E-state index in [0.717, 1.165) is 34.5 Å². The van der Waals surface area contributed by atoms with E-state index in [1.165, 1.54) is 10.8 Å². The maximum Gasteiger partial charge on any atom is 0.331 e. The number of piperidine rings is 1. The lowest BCUT2D eigenvalue weighted by atomic mass is 9.99. The molecule has 0 saturated carbocycles. The van der Waals surface area contributed by atoms with Gasteiger partial charge in [-0.05, 0) is 49.1 Å². The molecule has 1 aromatic heterocycles. The summed E-state index contributed by atoms with van der Waals surface area (Å²) in [7, 11) is 0. The maximum absolute atomic E-state index is 12.6. The van der Waals surface area contributed by atoms with Crippen molar-refractivity contribution in [2.75, 3.05) is 19.7 Å². The summed E-state index contributed by atoms with van der Waals surface area (Å²) in [4.78, 5) is 31.1. The number of hydrogen-bond acceptors (Lipinski definition) is 5. The van der Waals surface area contributed by atoms with Crippen molar-refractivity contribution < 1.29 is 14.3 Å². The summed E-state index contributed by atoms with van der Waals surface area (Å²) in [6.07, 6.45) is 5.03. The smallest absolute Gasteiger partial charge is 0.331 e. The first-order valence-electron chi connectivity index (χ1n) is 10.1. The molecule has 30 heavy (non-hydrogen) atoms. The van der Waals surface area contributed by atoms with Crippen molar-refractivity contribution in [3.8, 4) is 0 Å². The van der Waals surface area contributed by atoms with Crippen LogP contribution in [0.1, 0.15) is 34.9 Å². The predicted molar refractivity (Wildman–Crippen MR) is 119 cm³/mol. The third-order valence-corrected chi connectivity index (χ3v) is 6.56. The highest BCUT2D eigenvalue weighted by atomic mass is 32.1. The highest BCUT2D eigenvalue weighted by Crippen LogP contribution is 2.32. The quantitative estimate of drug-likeness (QED) is 0.448. The average Bonchev–Trinajstić information content (AvgIpc) is 3.21. The fraction of sp³-hybridized carbons (Fsp3) is 0.292. The Balaban J connectivity index is 1.32. The third kappa shape index (κ3) is 4.76. The van der Waals surface area contributed by atoms with Crippen LogP contribution in [0.15, 0.2) is 54.6 Å². The van der Waals surface area contributed by atoms with Crippen molar-refractivity contribution in [3.63, 3.8) is 0 Å². The average molecular weight is 421 g/mol. The molecule has 2 aromatic carbocycles. The number of aryl methyl sites for hydroxylation is 1. The molecule has 0 spiro atoms. The minimum Gasteiger partial charge on any atom is -0.452 e. The molecule has 1 atom stereocenters. The molecular formula is C24H24N2O3S. The number of likely N-dealkylation sites (tertiary alicyclic amines) is 1. The SMILES string of the molecule is Cc1ccccc1/C=C/C(=O)OCC(=O)N1CCC[C@@H](c2nc3ccccc3s2)C1. The second-order valence-electron chi connectivity index (χ2n) is 7.50. The minimum absolute atomic E-state index is 0.154. The van der Waals surface area contributed by atoms with E-state index in [1.807, 2.05) is 49.4 Å². The van der Waals surface area contributed by atoms with Gasteiger partial charge in [-0.25, -0.2) is 9.78 Å². The Labute approximate surface area is 180 Å². The standard InChI is InChI=1S/C24H24N2O3S/c1-17-7-2-3-8-18(17)12-13-23(28)29-16-22(27)26-14-6-9-19(15-26)24-25-20-10-4-5-11-21(20)30-24/h2-5,7-8,10-13,19H,6,9,14-16H2,1H3/b13-12+/t19-/m1/s1. The number of carbonyl (C=O) groups is 2. The molecule has 0 bridgehead atoms. The van der Waals surface area contributed by atoms with Gasteiger partial charge in [-0.2, -0.15) is 0 Å². The Morgan fingerprint density at radius 2 is 2.00 bits per heavy atom. The Kier molecular flexibility index (Phi) is 6.23. The maximum atomic E-state index is 12.6. The molecule has 3 aromatic rings. The van der Waals surface area contributed by atoms with E-state index in [9.17, 15) is 9.59 Å². The molecule has 1 saturated heterocycles. The van der Waals surface area contributed by atoms with Crippen LogP contribution in [0.5, 0.6) is 0 Å². The second kappa shape index (κ2) is 9.22. The zero-order valence-electron chi connectivity index (χ0n) is 16.9. The van der Waals surface area contributed by atoms with Crippen LogP contribution in [-0.4, -0.2) is 41.5 Å². The van der Waals surface area contributed by atoms with Gasteiger partial charge in [-0.3, -0.25) is 4.79 Å². The number of amides is 1. The summed E-state index contributed by atoms with van der Waals surface area (Å²) in [6, 6.07) is 15.9. The number of benzene rings is 2. The van der Waals surface area contributed by atoms with E-state index in [1.54, 1.807) is 22.3 Å². The van der Waals surface area contributed by atoms with E-state index in [0.29, 0.717) is 13.1 Å². The summed E-state index contributed by atoms with van der Waals surface area (Å²) in [5, 5.41) is 1.08. The van der Waals surface area contributed by atoms with E-state index in [2.05, 4.69) is 6.07 Å². The van der Waals surface area contributed by atoms with Crippen LogP contribution in [-0.2, 0) is 14.3 Å². The molecule has 0 N–H and O–H groups in total. The van der Waals surface area contributed by atoms with Crippen molar-refractivity contribution in [1.29, 1.82) is 0 Å². The fourth-order valence-electron chi connectivity index (χ4n) is 3.67. The summed E-state index contributed by atoms with van der Waals surface area (Å²) in [5.74, 6) is -0.429. The van der Waals surface area contributed by atoms with Crippen LogP contribution in [0.3, 0.4) is 0 Å². The molecule has 6 heteroatoms. The number of rotatable bonds is 5. The van der Waals surface area contributed by atoms with E-state index in [-0.39, 0.29) is 18.4 Å². The summed E-state index contributed by atoms with van der Waals surface area (Å²) in [5.41, 5.74) is 3.04. The predicted octanol–water partition coefficient (Wildman–Crippen LogP) is 4.57. The molecule has 2 heterocycles. The molecule has 0 radical (unpaired) electrons. The first-order valence-corrected chi connectivity index (χ1v) is 11.0. The van der Waals surface area contributed by atoms with Crippen LogP contribution in [0, 0.1) is 6.92 Å². The zero-order valence-corrected chi connectivity index (χ0v) is 17.7. The van der Waals surface area contributed by atoms with Crippen LogP contribution < -0.4 is 0 Å². The van der Waals surface area contributed by atoms with Crippen molar-refractivity contribution >= 4 is 39.5 Å². The van der Waals surface area contributed by atoms with Crippen molar-refractivity contribution in [2.24, 2.45) is 0 Å². The van der Waals surface area contributed by atoms with Gasteiger partial charge < -0.3 is 9.64 Å². The van der Waals surface area contributed by atoms with E-state index >= 15 is 0 Å². The molecule has 5 nitrogen and oxygen atoms in total. The van der Waals surface area contributed by atoms with Gasteiger partial charge in [0.25, 0.3) is 5.91 Å². The van der Waals surface area contributed by atoms with Gasteiger partial charge in [0.1, 0.15) is 0 Å². The van der Waals surface area contributed by atoms with Gasteiger partial charge in [0.2, 0.25) is 0 Å². The van der Waals surface area contributed by atoms with Crippen molar-refractivity contribution in [2.45, 2.75) is 25.7 Å². The molecule has 1 fully saturated rings. The van der Waals surface area contributed by atoms with Crippen LogP contribution >= 0.6 is 11.3 Å². The number of esters is 1. The van der Waals surface area contributed by atoms with Gasteiger partial charge >= 0.3 is 5.97 Å². The molecule has 1 amide bonds. The first-order chi connectivity index (χ1) is 14.6. The Morgan fingerprint density at radius 3 is 2.83 bits per heavy atom. The lowest BCUT2D eigenvalue weighted by molar-refractivity contribution is -0.148. The number of fused-ring (bicyclic) bond motifs is 1. The first kappa shape index (κ1) is 20.3. The van der Waals surface area contributed by atoms with Crippen molar-refractivity contribution in [1.82, 2.24) is 9.88 Å². The van der Waals surface area contributed by atoms with E-state index < -0.39 is 5.97 Å². The number of thiazole rings is 1. The zero-order chi connectivity index (χ0) is 20.9. The summed E-state index contributed by atoms with van der Waals surface area (Å²) < 4.78 is 6.35. The lowest BCUT2D eigenvalue weighted by Crippen LogP contribution is -2.41. The fourth-order valence-corrected chi connectivity index (χ4v) is 4.77. The van der Waals surface area contributed by atoms with Gasteiger partial charge in [0, 0.05) is 25.1 Å².